The first-order chi connectivity index (χ1) is 7.47. The fraction of sp³-hybridized carbons (Fsp3) is 0.200. The molecule has 0 aliphatic carbocycles. The molecule has 0 radical (unpaired) electrons. The molecule has 1 N–H and O–H groups in total. The minimum Gasteiger partial charge on any atom is -0.294 e. The molecule has 0 saturated carbocycles. The maximum Gasteiger partial charge on any atom is 0.432 e. The van der Waals surface area contributed by atoms with Crippen LogP contribution in [0.25, 0.3) is 0 Å². The molecule has 0 atom stereocenters. The zero-order valence-electron chi connectivity index (χ0n) is 8.05. The van der Waals surface area contributed by atoms with Crippen LogP contribution in [0.3, 0.4) is 0 Å². The van der Waals surface area contributed by atoms with Crippen LogP contribution < -0.4 is 10.4 Å². The summed E-state index contributed by atoms with van der Waals surface area (Å²) in [7, 11) is 0. The lowest BCUT2D eigenvalue weighted by molar-refractivity contribution is -0.0958. The molecule has 0 unspecified atom stereocenters. The summed E-state index contributed by atoms with van der Waals surface area (Å²) in [6.45, 7) is 0.177. The summed E-state index contributed by atoms with van der Waals surface area (Å²) in [5.41, 5.74) is 2.20. The summed E-state index contributed by atoms with van der Waals surface area (Å²) in [6.07, 6.45) is -3.23. The van der Waals surface area contributed by atoms with E-state index in [9.17, 15) is 13.2 Å². The van der Waals surface area contributed by atoms with Crippen molar-refractivity contribution in [2.75, 3.05) is 11.6 Å². The van der Waals surface area contributed by atoms with Gasteiger partial charge in [0.1, 0.15) is 5.70 Å². The summed E-state index contributed by atoms with van der Waals surface area (Å²) in [4.78, 5) is 0. The molecule has 0 spiro atoms. The summed E-state index contributed by atoms with van der Waals surface area (Å²) < 4.78 is 37.0. The van der Waals surface area contributed by atoms with Gasteiger partial charge in [0.05, 0.1) is 12.2 Å². The lowest BCUT2D eigenvalue weighted by Gasteiger charge is -2.21. The molecule has 0 saturated heterocycles. The average Bonchev–Trinajstić information content (AvgIpc) is 2.67. The van der Waals surface area contributed by atoms with Crippen LogP contribution in [0.2, 0.25) is 5.02 Å². The van der Waals surface area contributed by atoms with E-state index in [1.54, 1.807) is 24.3 Å². The number of allylic oxidation sites excluding steroid dienone is 1. The first-order valence-corrected chi connectivity index (χ1v) is 4.92. The van der Waals surface area contributed by atoms with E-state index in [1.807, 2.05) is 0 Å². The van der Waals surface area contributed by atoms with Crippen molar-refractivity contribution >= 4 is 17.3 Å². The van der Waals surface area contributed by atoms with Gasteiger partial charge in [0.2, 0.25) is 0 Å². The van der Waals surface area contributed by atoms with E-state index < -0.39 is 11.9 Å². The number of anilines is 1. The second kappa shape index (κ2) is 3.90. The Labute approximate surface area is 95.3 Å². The van der Waals surface area contributed by atoms with Crippen molar-refractivity contribution in [3.63, 3.8) is 0 Å². The second-order valence-corrected chi connectivity index (χ2v) is 3.75. The van der Waals surface area contributed by atoms with E-state index in [-0.39, 0.29) is 6.54 Å². The quantitative estimate of drug-likeness (QED) is 0.822. The molecule has 6 heteroatoms. The minimum atomic E-state index is -4.33. The number of hydrogen-bond acceptors (Lipinski definition) is 2. The molecular formula is C10H8ClF3N2. The summed E-state index contributed by atoms with van der Waals surface area (Å²) in [6, 6.07) is 6.57. The number of benzene rings is 1. The maximum absolute atomic E-state index is 12.3. The highest BCUT2D eigenvalue weighted by atomic mass is 35.5. The topological polar surface area (TPSA) is 15.3 Å². The van der Waals surface area contributed by atoms with Crippen LogP contribution in [0.15, 0.2) is 36.0 Å². The van der Waals surface area contributed by atoms with Gasteiger partial charge in [-0.3, -0.25) is 10.4 Å². The number of alkyl halides is 3. The van der Waals surface area contributed by atoms with Crippen LogP contribution in [0.4, 0.5) is 18.9 Å². The lowest BCUT2D eigenvalue weighted by atomic mass is 10.3. The van der Waals surface area contributed by atoms with Gasteiger partial charge >= 0.3 is 6.18 Å². The highest BCUT2D eigenvalue weighted by Crippen LogP contribution is 2.28. The van der Waals surface area contributed by atoms with Gasteiger partial charge in [-0.15, -0.1) is 0 Å². The third kappa shape index (κ3) is 2.24. The highest BCUT2D eigenvalue weighted by molar-refractivity contribution is 6.30. The Hall–Kier alpha value is -1.36. The van der Waals surface area contributed by atoms with Gasteiger partial charge in [0.25, 0.3) is 0 Å². The average molecular weight is 249 g/mol. The van der Waals surface area contributed by atoms with Gasteiger partial charge < -0.3 is 0 Å². The molecule has 2 nitrogen and oxygen atoms in total. The van der Waals surface area contributed by atoms with Gasteiger partial charge in [-0.1, -0.05) is 11.6 Å². The fourth-order valence-electron chi connectivity index (χ4n) is 1.39. The van der Waals surface area contributed by atoms with E-state index in [0.29, 0.717) is 10.7 Å². The van der Waals surface area contributed by atoms with Gasteiger partial charge in [0, 0.05) is 5.02 Å². The lowest BCUT2D eigenvalue weighted by Crippen LogP contribution is -2.35. The molecule has 1 heterocycles. The first kappa shape index (κ1) is 11.1. The second-order valence-electron chi connectivity index (χ2n) is 3.31. The zero-order chi connectivity index (χ0) is 11.8. The predicted octanol–water partition coefficient (Wildman–Crippen LogP) is 3.11. The van der Waals surface area contributed by atoms with Crippen LogP contribution in [0.1, 0.15) is 0 Å². The van der Waals surface area contributed by atoms with Crippen LogP contribution in [-0.4, -0.2) is 12.7 Å². The molecule has 0 aromatic heterocycles. The Morgan fingerprint density at radius 3 is 2.31 bits per heavy atom. The molecular weight excluding hydrogens is 241 g/mol. The molecule has 1 aromatic rings. The van der Waals surface area contributed by atoms with Crippen molar-refractivity contribution in [3.8, 4) is 0 Å². The van der Waals surface area contributed by atoms with Crippen molar-refractivity contribution in [1.82, 2.24) is 5.43 Å². The molecule has 0 bridgehead atoms. The summed E-state index contributed by atoms with van der Waals surface area (Å²) in [5.74, 6) is 0. The van der Waals surface area contributed by atoms with Crippen molar-refractivity contribution in [3.05, 3.63) is 41.1 Å². The summed E-state index contributed by atoms with van der Waals surface area (Å²) in [5, 5.41) is 1.95. The van der Waals surface area contributed by atoms with Crippen LogP contribution in [0.5, 0.6) is 0 Å². The van der Waals surface area contributed by atoms with Crippen LogP contribution in [-0.2, 0) is 0 Å². The number of nitrogens with zero attached hydrogens (tertiary/aromatic N) is 1. The molecule has 0 fully saturated rings. The monoisotopic (exact) mass is 248 g/mol. The molecule has 16 heavy (non-hydrogen) atoms. The SMILES string of the molecule is FC(F)(F)C1=CCN(c2ccc(Cl)cc2)N1. The number of hydrazine groups is 1. The van der Waals surface area contributed by atoms with Crippen molar-refractivity contribution in [1.29, 1.82) is 0 Å². The number of rotatable bonds is 1. The smallest absolute Gasteiger partial charge is 0.294 e. The van der Waals surface area contributed by atoms with E-state index in [0.717, 1.165) is 6.08 Å². The Morgan fingerprint density at radius 1 is 1.19 bits per heavy atom. The maximum atomic E-state index is 12.3. The molecule has 2 rings (SSSR count). The molecule has 1 aliphatic rings. The van der Waals surface area contributed by atoms with Crippen molar-refractivity contribution < 1.29 is 13.2 Å². The van der Waals surface area contributed by atoms with Crippen LogP contribution in [0, 0.1) is 0 Å². The van der Waals surface area contributed by atoms with Gasteiger partial charge in [0.15, 0.2) is 0 Å². The normalized spacial score (nSPS) is 16.0. The highest BCUT2D eigenvalue weighted by Gasteiger charge is 2.37. The Morgan fingerprint density at radius 2 is 1.81 bits per heavy atom. The standard InChI is InChI=1S/C10H8ClF3N2/c11-7-1-3-8(4-2-7)16-6-5-9(15-16)10(12,13)14/h1-5,15H,6H2. The minimum absolute atomic E-state index is 0.177. The Bertz CT molecular complexity index is 411. The molecule has 0 amide bonds. The van der Waals surface area contributed by atoms with Crippen molar-refractivity contribution in [2.45, 2.75) is 6.18 Å². The third-order valence-electron chi connectivity index (χ3n) is 2.18. The van der Waals surface area contributed by atoms with Crippen LogP contribution >= 0.6 is 11.6 Å². The van der Waals surface area contributed by atoms with E-state index in [2.05, 4.69) is 5.43 Å². The molecule has 86 valence electrons. The number of nitrogens with one attached hydrogen (secondary N) is 1. The predicted molar refractivity (Wildman–Crippen MR) is 56.1 cm³/mol. The van der Waals surface area contributed by atoms with Gasteiger partial charge in [-0.25, -0.2) is 0 Å². The Balaban J connectivity index is 2.09. The van der Waals surface area contributed by atoms with Crippen molar-refractivity contribution in [2.24, 2.45) is 0 Å². The summed E-state index contributed by atoms with van der Waals surface area (Å²) >= 11 is 5.69. The number of hydrogen-bond donors (Lipinski definition) is 1. The number of halogens is 4. The third-order valence-corrected chi connectivity index (χ3v) is 2.43. The zero-order valence-corrected chi connectivity index (χ0v) is 8.81. The van der Waals surface area contributed by atoms with E-state index >= 15 is 0 Å². The van der Waals surface area contributed by atoms with E-state index in [1.165, 1.54) is 5.01 Å². The largest absolute Gasteiger partial charge is 0.432 e. The van der Waals surface area contributed by atoms with Gasteiger partial charge in [-0.2, -0.15) is 13.2 Å². The molecule has 1 aliphatic heterocycles. The Kier molecular flexibility index (Phi) is 2.71. The fourth-order valence-corrected chi connectivity index (χ4v) is 1.52. The molecule has 1 aromatic carbocycles. The van der Waals surface area contributed by atoms with E-state index in [4.69, 9.17) is 11.6 Å². The first-order valence-electron chi connectivity index (χ1n) is 4.54. The van der Waals surface area contributed by atoms with Gasteiger partial charge in [-0.05, 0) is 30.3 Å².